The molecule has 1 amide bonds. The maximum atomic E-state index is 12.5. The molecule has 0 bridgehead atoms. The van der Waals surface area contributed by atoms with Gasteiger partial charge in [-0.25, -0.2) is 0 Å². The summed E-state index contributed by atoms with van der Waals surface area (Å²) in [6, 6.07) is 7.21. The molecule has 3 N–H and O–H groups in total. The van der Waals surface area contributed by atoms with E-state index < -0.39 is 0 Å². The zero-order chi connectivity index (χ0) is 17.0. The lowest BCUT2D eigenvalue weighted by Gasteiger charge is -2.17. The molecule has 0 aliphatic rings. The number of rotatable bonds is 5. The van der Waals surface area contributed by atoms with Crippen molar-refractivity contribution < 1.29 is 9.53 Å². The number of nitrogens with zero attached hydrogens (tertiary/aromatic N) is 2. The van der Waals surface area contributed by atoms with Crippen LogP contribution in [-0.2, 0) is 12.5 Å². The topological polar surface area (TPSA) is 82.2 Å². The van der Waals surface area contributed by atoms with Gasteiger partial charge in [0.05, 0.1) is 11.3 Å². The highest BCUT2D eigenvalue weighted by Gasteiger charge is 2.25. The first kappa shape index (κ1) is 17.0. The molecular formula is C17H24N4O2. The normalized spacial score (nSPS) is 11.3. The average molecular weight is 316 g/mol. The van der Waals surface area contributed by atoms with Crippen molar-refractivity contribution in [3.63, 3.8) is 0 Å². The van der Waals surface area contributed by atoms with E-state index in [4.69, 9.17) is 10.5 Å². The zero-order valence-corrected chi connectivity index (χ0v) is 14.1. The van der Waals surface area contributed by atoms with Crippen LogP contribution in [0.25, 0.3) is 0 Å². The van der Waals surface area contributed by atoms with Gasteiger partial charge in [0.1, 0.15) is 12.4 Å². The Morgan fingerprint density at radius 3 is 2.52 bits per heavy atom. The van der Waals surface area contributed by atoms with Crippen LogP contribution in [0.2, 0.25) is 0 Å². The second-order valence-electron chi connectivity index (χ2n) is 6.43. The number of carbonyl (C=O) groups is 1. The molecule has 6 heteroatoms. The summed E-state index contributed by atoms with van der Waals surface area (Å²) in [6.07, 6.45) is 1.74. The molecule has 0 fully saturated rings. The highest BCUT2D eigenvalue weighted by Crippen LogP contribution is 2.25. The van der Waals surface area contributed by atoms with Crippen molar-refractivity contribution in [3.8, 4) is 5.75 Å². The number of amides is 1. The summed E-state index contributed by atoms with van der Waals surface area (Å²) in [6.45, 7) is 7.05. The van der Waals surface area contributed by atoms with Crippen molar-refractivity contribution >= 4 is 11.6 Å². The summed E-state index contributed by atoms with van der Waals surface area (Å²) in [5.74, 6) is 0.559. The number of hydrogen-bond donors (Lipinski definition) is 2. The van der Waals surface area contributed by atoms with E-state index in [2.05, 4.69) is 10.4 Å². The molecule has 0 unspecified atom stereocenters. The van der Waals surface area contributed by atoms with E-state index in [1.807, 2.05) is 27.8 Å². The monoisotopic (exact) mass is 316 g/mol. The highest BCUT2D eigenvalue weighted by molar-refractivity contribution is 6.05. The Morgan fingerprint density at radius 1 is 1.30 bits per heavy atom. The third-order valence-corrected chi connectivity index (χ3v) is 3.28. The van der Waals surface area contributed by atoms with Gasteiger partial charge in [0, 0.05) is 30.9 Å². The number of nitrogens with one attached hydrogen (secondary N) is 1. The summed E-state index contributed by atoms with van der Waals surface area (Å²) in [7, 11) is 1.82. The molecule has 0 saturated carbocycles. The first-order valence-corrected chi connectivity index (χ1v) is 7.59. The minimum atomic E-state index is -0.201. The molecule has 1 aromatic carbocycles. The van der Waals surface area contributed by atoms with Gasteiger partial charge in [-0.15, -0.1) is 0 Å². The van der Waals surface area contributed by atoms with Crippen LogP contribution in [0.5, 0.6) is 5.75 Å². The third kappa shape index (κ3) is 4.32. The number of aromatic nitrogens is 2. The van der Waals surface area contributed by atoms with Crippen molar-refractivity contribution in [2.75, 3.05) is 18.5 Å². The van der Waals surface area contributed by atoms with Crippen LogP contribution in [0.1, 0.15) is 36.8 Å². The van der Waals surface area contributed by atoms with Gasteiger partial charge < -0.3 is 15.8 Å². The van der Waals surface area contributed by atoms with Crippen LogP contribution in [0.15, 0.2) is 30.5 Å². The second kappa shape index (κ2) is 6.83. The average Bonchev–Trinajstić information content (AvgIpc) is 2.89. The Hall–Kier alpha value is -2.34. The predicted molar refractivity (Wildman–Crippen MR) is 90.9 cm³/mol. The molecule has 2 rings (SSSR count). The van der Waals surface area contributed by atoms with Crippen molar-refractivity contribution in [3.05, 3.63) is 41.7 Å². The fourth-order valence-electron chi connectivity index (χ4n) is 2.22. The zero-order valence-electron chi connectivity index (χ0n) is 14.1. The van der Waals surface area contributed by atoms with Gasteiger partial charge in [0.2, 0.25) is 0 Å². The van der Waals surface area contributed by atoms with Gasteiger partial charge in [-0.3, -0.25) is 9.48 Å². The molecule has 0 radical (unpaired) electrons. The van der Waals surface area contributed by atoms with Crippen LogP contribution >= 0.6 is 0 Å². The number of carbonyl (C=O) groups excluding carboxylic acids is 1. The fourth-order valence-corrected chi connectivity index (χ4v) is 2.22. The third-order valence-electron chi connectivity index (χ3n) is 3.28. The van der Waals surface area contributed by atoms with Crippen LogP contribution in [0, 0.1) is 0 Å². The lowest BCUT2D eigenvalue weighted by atomic mass is 9.89. The molecule has 0 atom stereocenters. The van der Waals surface area contributed by atoms with Gasteiger partial charge in [-0.1, -0.05) is 20.8 Å². The summed E-state index contributed by atoms with van der Waals surface area (Å²) in [4.78, 5) is 12.5. The van der Waals surface area contributed by atoms with E-state index in [0.29, 0.717) is 24.4 Å². The maximum Gasteiger partial charge on any atom is 0.259 e. The van der Waals surface area contributed by atoms with E-state index in [1.165, 1.54) is 0 Å². The number of ether oxygens (including phenoxy) is 1. The van der Waals surface area contributed by atoms with Gasteiger partial charge in [0.15, 0.2) is 0 Å². The quantitative estimate of drug-likeness (QED) is 0.887. The number of benzene rings is 1. The van der Waals surface area contributed by atoms with Crippen LogP contribution in [-0.4, -0.2) is 28.8 Å². The van der Waals surface area contributed by atoms with Gasteiger partial charge in [0.25, 0.3) is 5.91 Å². The minimum Gasteiger partial charge on any atom is -0.492 e. The first-order chi connectivity index (χ1) is 10.8. The van der Waals surface area contributed by atoms with E-state index in [0.717, 1.165) is 11.4 Å². The largest absolute Gasteiger partial charge is 0.492 e. The summed E-state index contributed by atoms with van der Waals surface area (Å²) in [5.41, 5.74) is 7.27. The molecule has 0 aliphatic carbocycles. The van der Waals surface area contributed by atoms with Gasteiger partial charge in [-0.05, 0) is 24.3 Å². The molecular weight excluding hydrogens is 292 g/mol. The number of anilines is 1. The second-order valence-corrected chi connectivity index (χ2v) is 6.43. The Morgan fingerprint density at radius 2 is 1.96 bits per heavy atom. The summed E-state index contributed by atoms with van der Waals surface area (Å²) < 4.78 is 7.08. The minimum absolute atomic E-state index is 0.168. The molecule has 2 aromatic rings. The maximum absolute atomic E-state index is 12.5. The standard InChI is InChI=1S/C17H24N4O2/c1-17(2,3)15-14(11-21(4)20-15)16(22)19-12-5-7-13(8-6-12)23-10-9-18/h5-8,11H,9-10,18H2,1-4H3,(H,19,22). The highest BCUT2D eigenvalue weighted by atomic mass is 16.5. The SMILES string of the molecule is Cn1cc(C(=O)Nc2ccc(OCCN)cc2)c(C(C)(C)C)n1. The van der Waals surface area contributed by atoms with Crippen molar-refractivity contribution in [1.82, 2.24) is 9.78 Å². The molecule has 1 heterocycles. The van der Waals surface area contributed by atoms with Gasteiger partial charge >= 0.3 is 0 Å². The molecule has 0 spiro atoms. The van der Waals surface area contributed by atoms with Crippen molar-refractivity contribution in [2.45, 2.75) is 26.2 Å². The number of nitrogens with two attached hydrogens (primary N) is 1. The molecule has 6 nitrogen and oxygen atoms in total. The van der Waals surface area contributed by atoms with Crippen LogP contribution in [0.3, 0.4) is 0 Å². The molecule has 124 valence electrons. The van der Waals surface area contributed by atoms with E-state index in [1.54, 1.807) is 35.1 Å². The Bertz CT molecular complexity index is 669. The summed E-state index contributed by atoms with van der Waals surface area (Å²) >= 11 is 0. The number of aryl methyl sites for hydroxylation is 1. The molecule has 0 saturated heterocycles. The Balaban J connectivity index is 2.13. The van der Waals surface area contributed by atoms with Crippen molar-refractivity contribution in [2.24, 2.45) is 12.8 Å². The van der Waals surface area contributed by atoms with E-state index in [9.17, 15) is 4.79 Å². The smallest absolute Gasteiger partial charge is 0.259 e. The van der Waals surface area contributed by atoms with E-state index >= 15 is 0 Å². The van der Waals surface area contributed by atoms with Crippen molar-refractivity contribution in [1.29, 1.82) is 0 Å². The fraction of sp³-hybridized carbons (Fsp3) is 0.412. The Labute approximate surface area is 136 Å². The lowest BCUT2D eigenvalue weighted by molar-refractivity contribution is 0.102. The van der Waals surface area contributed by atoms with Crippen LogP contribution in [0.4, 0.5) is 5.69 Å². The Kier molecular flexibility index (Phi) is 5.05. The summed E-state index contributed by atoms with van der Waals surface area (Å²) in [5, 5.41) is 7.31. The van der Waals surface area contributed by atoms with E-state index in [-0.39, 0.29) is 11.3 Å². The number of hydrogen-bond acceptors (Lipinski definition) is 4. The molecule has 23 heavy (non-hydrogen) atoms. The van der Waals surface area contributed by atoms with Gasteiger partial charge in [-0.2, -0.15) is 5.10 Å². The first-order valence-electron chi connectivity index (χ1n) is 7.59. The lowest BCUT2D eigenvalue weighted by Crippen LogP contribution is -2.20. The van der Waals surface area contributed by atoms with Crippen LogP contribution < -0.4 is 15.8 Å². The molecule has 0 aliphatic heterocycles. The molecule has 1 aromatic heterocycles. The predicted octanol–water partition coefficient (Wildman–Crippen LogP) is 2.31.